The van der Waals surface area contributed by atoms with E-state index < -0.39 is 11.9 Å². The molecule has 6 heteroatoms. The third kappa shape index (κ3) is 2.48. The first-order valence-corrected chi connectivity index (χ1v) is 7.55. The molecule has 1 aliphatic carbocycles. The summed E-state index contributed by atoms with van der Waals surface area (Å²) < 4.78 is 42.7. The maximum absolute atomic E-state index is 9.29. The van der Waals surface area contributed by atoms with Gasteiger partial charge in [-0.15, -0.1) is 0 Å². The molecule has 0 bridgehead atoms. The van der Waals surface area contributed by atoms with Crippen LogP contribution in [0.5, 0.6) is 0 Å². The minimum absolute atomic E-state index is 0.108. The second-order valence-electron chi connectivity index (χ2n) is 5.54. The minimum atomic E-state index is -1.54. The smallest absolute Gasteiger partial charge is 0.162 e. The van der Waals surface area contributed by atoms with Crippen LogP contribution in [0.3, 0.4) is 0 Å². The van der Waals surface area contributed by atoms with Crippen LogP contribution in [-0.4, -0.2) is 24.7 Å². The molecule has 1 fully saturated rings. The summed E-state index contributed by atoms with van der Waals surface area (Å²) >= 11 is 0. The fourth-order valence-corrected chi connectivity index (χ4v) is 3.05. The molecule has 1 aromatic rings. The molecule has 1 saturated carbocycles. The van der Waals surface area contributed by atoms with Gasteiger partial charge in [0, 0.05) is 24.9 Å². The quantitative estimate of drug-likeness (QED) is 0.800. The van der Waals surface area contributed by atoms with Gasteiger partial charge in [0.05, 0.1) is 40.8 Å². The lowest BCUT2D eigenvalue weighted by Gasteiger charge is -2.21. The predicted molar refractivity (Wildman–Crippen MR) is 85.5 cm³/mol. The molecule has 0 amide bonds. The number of H-pyrrole nitrogens is 1. The lowest BCUT2D eigenvalue weighted by atomic mass is 9.96. The van der Waals surface area contributed by atoms with Crippen LogP contribution in [0.2, 0.25) is 0 Å². The molecule has 3 heterocycles. The van der Waals surface area contributed by atoms with Crippen LogP contribution >= 0.6 is 0 Å². The summed E-state index contributed by atoms with van der Waals surface area (Å²) in [6, 6.07) is 0.380. The average Bonchev–Trinajstić information content (AvgIpc) is 3.36. The molecule has 1 N–H and O–H groups in total. The fourth-order valence-electron chi connectivity index (χ4n) is 3.05. The molecule has 1 atom stereocenters. The van der Waals surface area contributed by atoms with Gasteiger partial charge in [-0.1, -0.05) is 12.8 Å². The van der Waals surface area contributed by atoms with E-state index >= 15 is 0 Å². The summed E-state index contributed by atoms with van der Waals surface area (Å²) in [5.74, 6) is -0.982. The lowest BCUT2D eigenvalue weighted by Crippen LogP contribution is -2.17. The van der Waals surface area contributed by atoms with E-state index in [9.17, 15) is 5.26 Å². The molecule has 0 saturated heterocycles. The van der Waals surface area contributed by atoms with Crippen LogP contribution in [0.4, 0.5) is 0 Å². The van der Waals surface area contributed by atoms with Crippen molar-refractivity contribution in [3.8, 4) is 28.7 Å². The Morgan fingerprint density at radius 2 is 2.39 bits per heavy atom. The van der Waals surface area contributed by atoms with E-state index in [0.29, 0.717) is 29.7 Å². The van der Waals surface area contributed by atoms with E-state index in [1.165, 1.54) is 10.9 Å². The van der Waals surface area contributed by atoms with Crippen molar-refractivity contribution < 1.29 is 6.85 Å². The number of aromatic amines is 1. The molecule has 1 aromatic heterocycles. The molecule has 0 aromatic carbocycles. The van der Waals surface area contributed by atoms with Crippen LogP contribution in [0, 0.1) is 17.2 Å². The Morgan fingerprint density at radius 3 is 3.22 bits per heavy atom. The number of aromatic nitrogens is 5. The highest BCUT2D eigenvalue weighted by Crippen LogP contribution is 2.37. The lowest BCUT2D eigenvalue weighted by molar-refractivity contribution is 0.315. The van der Waals surface area contributed by atoms with Gasteiger partial charge in [0.15, 0.2) is 5.82 Å². The van der Waals surface area contributed by atoms with Crippen LogP contribution in [-0.2, 0) is 0 Å². The Kier molecular flexibility index (Phi) is 2.40. The Balaban J connectivity index is 1.84. The summed E-state index contributed by atoms with van der Waals surface area (Å²) in [6.07, 6.45) is 5.20. The molecular formula is C17H18N6. The van der Waals surface area contributed by atoms with Crippen molar-refractivity contribution in [1.29, 1.82) is 5.26 Å². The fraction of sp³-hybridized carbons (Fsp3) is 0.412. The molecule has 2 aliphatic heterocycles. The molecule has 0 unspecified atom stereocenters. The zero-order valence-electron chi connectivity index (χ0n) is 17.4. The summed E-state index contributed by atoms with van der Waals surface area (Å²) in [4.78, 5) is 10.6. The maximum atomic E-state index is 9.29. The van der Waals surface area contributed by atoms with Gasteiger partial charge < -0.3 is 4.98 Å². The third-order valence-corrected chi connectivity index (χ3v) is 4.17. The third-order valence-electron chi connectivity index (χ3n) is 4.17. The number of nitrogens with one attached hydrogen (secondary N) is 1. The minimum Gasteiger partial charge on any atom is -0.345 e. The van der Waals surface area contributed by atoms with Gasteiger partial charge in [-0.3, -0.25) is 4.68 Å². The zero-order valence-corrected chi connectivity index (χ0v) is 12.4. The Labute approximate surface area is 141 Å². The highest BCUT2D eigenvalue weighted by molar-refractivity contribution is 5.77. The normalized spacial score (nSPS) is 22.5. The van der Waals surface area contributed by atoms with Crippen LogP contribution in [0.15, 0.2) is 30.9 Å². The molecule has 6 nitrogen and oxygen atoms in total. The molecule has 116 valence electrons. The summed E-state index contributed by atoms with van der Waals surface area (Å²) in [5.41, 5.74) is 1.15. The van der Waals surface area contributed by atoms with Crippen molar-refractivity contribution in [3.05, 3.63) is 30.9 Å². The monoisotopic (exact) mass is 311 g/mol. The van der Waals surface area contributed by atoms with E-state index in [2.05, 4.69) is 20.1 Å². The van der Waals surface area contributed by atoms with Gasteiger partial charge in [0.25, 0.3) is 0 Å². The van der Waals surface area contributed by atoms with Crippen LogP contribution < -0.4 is 0 Å². The average molecular weight is 311 g/mol. The van der Waals surface area contributed by atoms with Crippen molar-refractivity contribution in [3.63, 3.8) is 0 Å². The zero-order chi connectivity index (χ0) is 20.1. The van der Waals surface area contributed by atoms with E-state index in [1.54, 1.807) is 6.20 Å². The van der Waals surface area contributed by atoms with Crippen molar-refractivity contribution in [1.82, 2.24) is 24.7 Å². The van der Waals surface area contributed by atoms with Crippen molar-refractivity contribution in [2.45, 2.75) is 38.1 Å². The van der Waals surface area contributed by atoms with Crippen molar-refractivity contribution in [2.24, 2.45) is 5.89 Å². The standard InChI is InChI=1S/C17H18N6/c18-7-5-15(12-3-1-2-4-12)23-10-13(9-22-23)16-14-6-8-19-17(14)21-11-20-16/h6,8-12,15H,1-5H2,(H,19,20,21)/t15-/m0/s1/i6D,8D,11D,12D,15D. The van der Waals surface area contributed by atoms with Crippen LogP contribution in [0.25, 0.3) is 22.6 Å². The highest BCUT2D eigenvalue weighted by Gasteiger charge is 2.27. The first-order chi connectivity index (χ1) is 13.3. The first-order valence-electron chi connectivity index (χ1n) is 10.0. The molecule has 0 spiro atoms. The van der Waals surface area contributed by atoms with E-state index in [-0.39, 0.29) is 30.8 Å². The molecule has 4 rings (SSSR count). The largest absolute Gasteiger partial charge is 0.345 e. The van der Waals surface area contributed by atoms with Gasteiger partial charge in [0.1, 0.15) is 1.37 Å². The van der Waals surface area contributed by atoms with Crippen molar-refractivity contribution >= 4 is 0 Å². The molecule has 0 radical (unpaired) electrons. The topological polar surface area (TPSA) is 83.2 Å². The Morgan fingerprint density at radius 1 is 1.52 bits per heavy atom. The predicted octanol–water partition coefficient (Wildman–Crippen LogP) is 3.42. The highest BCUT2D eigenvalue weighted by atomic mass is 15.3. The van der Waals surface area contributed by atoms with Gasteiger partial charge in [-0.2, -0.15) is 10.4 Å². The summed E-state index contributed by atoms with van der Waals surface area (Å²) in [5, 5.41) is 13.6. The van der Waals surface area contributed by atoms with Crippen molar-refractivity contribution in [2.75, 3.05) is 0 Å². The van der Waals surface area contributed by atoms with Gasteiger partial charge in [-0.25, -0.2) is 9.97 Å². The molecular weight excluding hydrogens is 288 g/mol. The Hall–Kier alpha value is -2.68. The van der Waals surface area contributed by atoms with E-state index in [4.69, 9.17) is 6.85 Å². The van der Waals surface area contributed by atoms with Gasteiger partial charge in [-0.05, 0) is 24.8 Å². The Bertz CT molecular complexity index is 1050. The van der Waals surface area contributed by atoms with Gasteiger partial charge >= 0.3 is 0 Å². The number of nitriles is 1. The summed E-state index contributed by atoms with van der Waals surface area (Å²) in [6.45, 7) is 0. The van der Waals surface area contributed by atoms with Crippen LogP contribution in [0.1, 0.15) is 45.0 Å². The number of nitrogens with zero attached hydrogens (tertiary/aromatic N) is 5. The molecule has 3 aliphatic rings. The van der Waals surface area contributed by atoms with Gasteiger partial charge in [0.2, 0.25) is 0 Å². The first kappa shape index (κ1) is 9.46. The van der Waals surface area contributed by atoms with E-state index in [0.717, 1.165) is 12.8 Å². The number of fused-ring (bicyclic) bond motifs is 1. The maximum Gasteiger partial charge on any atom is 0.162 e. The number of rotatable bonds is 4. The SMILES string of the molecule is [2H]c1nc2nc([2H])c([2H])c-2c(-c2cnn([C@@]([2H])(CC#N)C3([2H])CCCC3)c2)[nH]1. The number of hydrogen-bond donors (Lipinski definition) is 1. The second kappa shape index (κ2) is 5.84. The molecule has 23 heavy (non-hydrogen) atoms. The summed E-state index contributed by atoms with van der Waals surface area (Å²) in [7, 11) is 0. The van der Waals surface area contributed by atoms with E-state index in [1.807, 2.05) is 6.07 Å². The number of hydrogen-bond acceptors (Lipinski definition) is 4. The second-order valence-corrected chi connectivity index (χ2v) is 5.54.